The largest absolute Gasteiger partial charge is 0.394 e. The first-order valence-corrected chi connectivity index (χ1v) is 7.84. The van der Waals surface area contributed by atoms with E-state index in [0.717, 1.165) is 16.5 Å². The van der Waals surface area contributed by atoms with Crippen molar-refractivity contribution in [1.29, 1.82) is 0 Å². The summed E-state index contributed by atoms with van der Waals surface area (Å²) in [6, 6.07) is 8.02. The third-order valence-corrected chi connectivity index (χ3v) is 5.01. The average molecular weight is 334 g/mol. The van der Waals surface area contributed by atoms with Crippen molar-refractivity contribution < 1.29 is 10.2 Å². The number of aliphatic hydroxyl groups is 2. The Morgan fingerprint density at radius 2 is 2.06 bits per heavy atom. The molecule has 0 saturated heterocycles. The zero-order chi connectivity index (χ0) is 13.5. The van der Waals surface area contributed by atoms with Crippen molar-refractivity contribution >= 4 is 27.7 Å². The van der Waals surface area contributed by atoms with Crippen molar-refractivity contribution in [3.8, 4) is 0 Å². The third-order valence-electron chi connectivity index (χ3n) is 2.75. The molecule has 1 rings (SSSR count). The van der Waals surface area contributed by atoms with Crippen LogP contribution in [0.3, 0.4) is 0 Å². The molecule has 0 aliphatic carbocycles. The summed E-state index contributed by atoms with van der Waals surface area (Å²) in [5.41, 5.74) is 7.30. The second-order valence-electron chi connectivity index (χ2n) is 4.18. The summed E-state index contributed by atoms with van der Waals surface area (Å²) < 4.78 is 1.03. The summed E-state index contributed by atoms with van der Waals surface area (Å²) in [7, 11) is 0. The van der Waals surface area contributed by atoms with Gasteiger partial charge in [-0.3, -0.25) is 0 Å². The molecular weight excluding hydrogens is 314 g/mol. The summed E-state index contributed by atoms with van der Waals surface area (Å²) >= 11 is 5.13. The molecule has 0 amide bonds. The monoisotopic (exact) mass is 333 g/mol. The van der Waals surface area contributed by atoms with E-state index in [1.165, 1.54) is 0 Å². The van der Waals surface area contributed by atoms with Crippen LogP contribution in [0.1, 0.15) is 24.2 Å². The van der Waals surface area contributed by atoms with E-state index >= 15 is 0 Å². The predicted molar refractivity (Wildman–Crippen MR) is 80.7 cm³/mol. The van der Waals surface area contributed by atoms with Gasteiger partial charge >= 0.3 is 0 Å². The predicted octanol–water partition coefficient (Wildman–Crippen LogP) is 2.31. The summed E-state index contributed by atoms with van der Waals surface area (Å²) in [6.45, 7) is 1.84. The molecule has 1 aromatic carbocycles. The summed E-state index contributed by atoms with van der Waals surface area (Å²) in [5.74, 6) is 0.482. The van der Waals surface area contributed by atoms with Crippen LogP contribution < -0.4 is 5.73 Å². The van der Waals surface area contributed by atoms with E-state index in [-0.39, 0.29) is 17.9 Å². The number of thioether (sulfide) groups is 1. The van der Waals surface area contributed by atoms with E-state index in [1.807, 2.05) is 24.3 Å². The number of rotatable bonds is 7. The minimum Gasteiger partial charge on any atom is -0.394 e. The quantitative estimate of drug-likeness (QED) is 0.716. The fourth-order valence-electron chi connectivity index (χ4n) is 1.63. The Morgan fingerprint density at radius 3 is 2.61 bits per heavy atom. The molecule has 0 bridgehead atoms. The lowest BCUT2D eigenvalue weighted by Gasteiger charge is -2.24. The third kappa shape index (κ3) is 4.55. The molecule has 1 aromatic rings. The SMILES string of the molecule is CCC(N)C(SCC(O)CO)c1ccccc1Br. The van der Waals surface area contributed by atoms with Gasteiger partial charge in [0.05, 0.1) is 12.7 Å². The topological polar surface area (TPSA) is 66.5 Å². The lowest BCUT2D eigenvalue weighted by atomic mass is 10.0. The van der Waals surface area contributed by atoms with Gasteiger partial charge in [0.25, 0.3) is 0 Å². The van der Waals surface area contributed by atoms with Gasteiger partial charge in [-0.15, -0.1) is 11.8 Å². The van der Waals surface area contributed by atoms with Crippen LogP contribution in [-0.4, -0.2) is 34.7 Å². The Balaban J connectivity index is 2.82. The van der Waals surface area contributed by atoms with Gasteiger partial charge in [0.2, 0.25) is 0 Å². The van der Waals surface area contributed by atoms with E-state index in [0.29, 0.717) is 5.75 Å². The summed E-state index contributed by atoms with van der Waals surface area (Å²) in [6.07, 6.45) is 0.179. The van der Waals surface area contributed by atoms with Gasteiger partial charge in [0.15, 0.2) is 0 Å². The molecule has 0 spiro atoms. The van der Waals surface area contributed by atoms with Crippen LogP contribution in [-0.2, 0) is 0 Å². The Kier molecular flexibility index (Phi) is 7.26. The molecule has 3 nitrogen and oxygen atoms in total. The second-order valence-corrected chi connectivity index (χ2v) is 6.21. The van der Waals surface area contributed by atoms with Crippen LogP contribution in [0.4, 0.5) is 0 Å². The molecule has 0 radical (unpaired) electrons. The zero-order valence-corrected chi connectivity index (χ0v) is 12.8. The highest BCUT2D eigenvalue weighted by molar-refractivity contribution is 9.10. The van der Waals surface area contributed by atoms with Crippen molar-refractivity contribution in [3.05, 3.63) is 34.3 Å². The maximum absolute atomic E-state index is 9.45. The second kappa shape index (κ2) is 8.17. The number of nitrogens with two attached hydrogens (primary N) is 1. The number of hydrogen-bond acceptors (Lipinski definition) is 4. The van der Waals surface area contributed by atoms with Gasteiger partial charge in [-0.05, 0) is 18.1 Å². The minimum atomic E-state index is -0.691. The fourth-order valence-corrected chi connectivity index (χ4v) is 3.67. The molecule has 102 valence electrons. The Morgan fingerprint density at radius 1 is 1.39 bits per heavy atom. The highest BCUT2D eigenvalue weighted by Crippen LogP contribution is 2.36. The van der Waals surface area contributed by atoms with Crippen molar-refractivity contribution in [1.82, 2.24) is 0 Å². The minimum absolute atomic E-state index is 0.0274. The number of halogens is 1. The van der Waals surface area contributed by atoms with Crippen LogP contribution in [0.5, 0.6) is 0 Å². The van der Waals surface area contributed by atoms with Gasteiger partial charge in [-0.25, -0.2) is 0 Å². The molecular formula is C13H20BrNO2S. The molecule has 3 unspecified atom stereocenters. The van der Waals surface area contributed by atoms with Crippen molar-refractivity contribution in [2.75, 3.05) is 12.4 Å². The zero-order valence-electron chi connectivity index (χ0n) is 10.4. The van der Waals surface area contributed by atoms with Crippen LogP contribution in [0.15, 0.2) is 28.7 Å². The van der Waals surface area contributed by atoms with E-state index < -0.39 is 6.10 Å². The van der Waals surface area contributed by atoms with Crippen molar-refractivity contribution in [2.24, 2.45) is 5.73 Å². The molecule has 4 N–H and O–H groups in total. The standard InChI is InChI=1S/C13H20BrNO2S/c1-2-12(15)13(18-8-9(17)7-16)10-5-3-4-6-11(10)14/h3-6,9,12-13,16-17H,2,7-8,15H2,1H3. The van der Waals surface area contributed by atoms with Gasteiger partial charge in [0.1, 0.15) is 0 Å². The molecule has 18 heavy (non-hydrogen) atoms. The fraction of sp³-hybridized carbons (Fsp3) is 0.538. The Bertz CT molecular complexity index is 365. The number of benzene rings is 1. The lowest BCUT2D eigenvalue weighted by Crippen LogP contribution is -2.27. The first kappa shape index (κ1) is 16.0. The molecule has 0 aliphatic rings. The molecule has 3 atom stereocenters. The smallest absolute Gasteiger partial charge is 0.0861 e. The van der Waals surface area contributed by atoms with E-state index in [9.17, 15) is 5.11 Å². The highest BCUT2D eigenvalue weighted by Gasteiger charge is 2.22. The molecule has 0 aliphatic heterocycles. The van der Waals surface area contributed by atoms with E-state index in [2.05, 4.69) is 22.9 Å². The first-order valence-electron chi connectivity index (χ1n) is 6.00. The molecule has 5 heteroatoms. The highest BCUT2D eigenvalue weighted by atomic mass is 79.9. The van der Waals surface area contributed by atoms with Crippen LogP contribution >= 0.6 is 27.7 Å². The molecule has 0 fully saturated rings. The number of aliphatic hydroxyl groups excluding tert-OH is 2. The number of hydrogen-bond donors (Lipinski definition) is 3. The first-order chi connectivity index (χ1) is 8.60. The van der Waals surface area contributed by atoms with Gasteiger partial charge in [0, 0.05) is 21.5 Å². The maximum Gasteiger partial charge on any atom is 0.0861 e. The summed E-state index contributed by atoms with van der Waals surface area (Å²) in [4.78, 5) is 0. The van der Waals surface area contributed by atoms with Gasteiger partial charge in [-0.2, -0.15) is 0 Å². The molecule has 0 saturated carbocycles. The molecule has 0 aromatic heterocycles. The van der Waals surface area contributed by atoms with Crippen LogP contribution in [0.2, 0.25) is 0 Å². The summed E-state index contributed by atoms with van der Waals surface area (Å²) in [5, 5.41) is 18.4. The van der Waals surface area contributed by atoms with Crippen LogP contribution in [0.25, 0.3) is 0 Å². The van der Waals surface area contributed by atoms with E-state index in [1.54, 1.807) is 11.8 Å². The maximum atomic E-state index is 9.45. The molecule has 0 heterocycles. The van der Waals surface area contributed by atoms with Gasteiger partial charge < -0.3 is 15.9 Å². The van der Waals surface area contributed by atoms with Crippen LogP contribution in [0, 0.1) is 0 Å². The Labute approximate surface area is 121 Å². The lowest BCUT2D eigenvalue weighted by molar-refractivity contribution is 0.113. The van der Waals surface area contributed by atoms with E-state index in [4.69, 9.17) is 10.8 Å². The average Bonchev–Trinajstić information content (AvgIpc) is 2.40. The Hall–Kier alpha value is -0.0700. The van der Waals surface area contributed by atoms with Gasteiger partial charge in [-0.1, -0.05) is 41.1 Å². The normalized spacial score (nSPS) is 16.3. The van der Waals surface area contributed by atoms with Crippen molar-refractivity contribution in [3.63, 3.8) is 0 Å². The van der Waals surface area contributed by atoms with Crippen molar-refractivity contribution in [2.45, 2.75) is 30.7 Å².